The van der Waals surface area contributed by atoms with Gasteiger partial charge in [-0.05, 0) is 63.7 Å². The summed E-state index contributed by atoms with van der Waals surface area (Å²) >= 11 is 9.00. The lowest BCUT2D eigenvalue weighted by molar-refractivity contribution is 0.284. The molecular weight excluding hydrogens is 350 g/mol. The van der Waals surface area contributed by atoms with Crippen LogP contribution in [0, 0.1) is 5.92 Å². The molecule has 1 aromatic rings. The van der Waals surface area contributed by atoms with E-state index in [4.69, 9.17) is 0 Å². The van der Waals surface area contributed by atoms with Crippen molar-refractivity contribution in [3.05, 3.63) is 19.2 Å². The molecule has 0 saturated heterocycles. The SMILES string of the molecule is CNC(c1cc(Br)c(Br)s1)C1CCCCC1. The zero-order valence-electron chi connectivity index (χ0n) is 9.43. The quantitative estimate of drug-likeness (QED) is 0.783. The molecule has 1 unspecified atom stereocenters. The van der Waals surface area contributed by atoms with E-state index >= 15 is 0 Å². The molecular formula is C12H17Br2NS. The second-order valence-electron chi connectivity index (χ2n) is 4.43. The third-order valence-corrected chi connectivity index (χ3v) is 6.74. The Morgan fingerprint density at radius 2 is 2.00 bits per heavy atom. The number of rotatable bonds is 3. The highest BCUT2D eigenvalue weighted by Crippen LogP contribution is 2.41. The van der Waals surface area contributed by atoms with E-state index in [1.807, 2.05) is 11.3 Å². The summed E-state index contributed by atoms with van der Waals surface area (Å²) in [4.78, 5) is 1.45. The molecule has 1 atom stereocenters. The van der Waals surface area contributed by atoms with Crippen molar-refractivity contribution < 1.29 is 0 Å². The molecule has 1 aromatic heterocycles. The molecule has 1 N–H and O–H groups in total. The summed E-state index contributed by atoms with van der Waals surface area (Å²) in [6.07, 6.45) is 6.97. The molecule has 16 heavy (non-hydrogen) atoms. The molecule has 0 radical (unpaired) electrons. The first-order chi connectivity index (χ1) is 7.72. The van der Waals surface area contributed by atoms with E-state index in [9.17, 15) is 0 Å². The molecule has 1 fully saturated rings. The van der Waals surface area contributed by atoms with Gasteiger partial charge in [0.1, 0.15) is 0 Å². The molecule has 0 spiro atoms. The summed E-state index contributed by atoms with van der Waals surface area (Å²) in [5, 5.41) is 3.50. The fourth-order valence-corrected chi connectivity index (χ4v) is 4.89. The van der Waals surface area contributed by atoms with Crippen molar-refractivity contribution in [1.29, 1.82) is 0 Å². The third kappa shape index (κ3) is 2.89. The van der Waals surface area contributed by atoms with Gasteiger partial charge in [-0.15, -0.1) is 11.3 Å². The van der Waals surface area contributed by atoms with E-state index in [1.165, 1.54) is 45.2 Å². The number of nitrogens with one attached hydrogen (secondary N) is 1. The minimum absolute atomic E-state index is 0.535. The van der Waals surface area contributed by atoms with Crippen molar-refractivity contribution in [3.63, 3.8) is 0 Å². The Hall–Kier alpha value is 0.620. The van der Waals surface area contributed by atoms with Crippen LogP contribution in [0.25, 0.3) is 0 Å². The first-order valence-electron chi connectivity index (χ1n) is 5.84. The van der Waals surface area contributed by atoms with Crippen LogP contribution in [0.1, 0.15) is 43.0 Å². The average Bonchev–Trinajstić information content (AvgIpc) is 2.61. The van der Waals surface area contributed by atoms with Crippen LogP contribution in [0.3, 0.4) is 0 Å². The highest BCUT2D eigenvalue weighted by molar-refractivity contribution is 9.13. The van der Waals surface area contributed by atoms with Gasteiger partial charge in [-0.25, -0.2) is 0 Å². The van der Waals surface area contributed by atoms with E-state index in [-0.39, 0.29) is 0 Å². The van der Waals surface area contributed by atoms with Gasteiger partial charge in [0.2, 0.25) is 0 Å². The number of halogens is 2. The lowest BCUT2D eigenvalue weighted by Gasteiger charge is -2.29. The summed E-state index contributed by atoms with van der Waals surface area (Å²) < 4.78 is 2.39. The monoisotopic (exact) mass is 365 g/mol. The minimum Gasteiger partial charge on any atom is -0.312 e. The van der Waals surface area contributed by atoms with Crippen LogP contribution in [-0.4, -0.2) is 7.05 Å². The second-order valence-corrected chi connectivity index (χ2v) is 7.69. The van der Waals surface area contributed by atoms with Crippen LogP contribution >= 0.6 is 43.2 Å². The summed E-state index contributed by atoms with van der Waals surface area (Å²) in [6, 6.07) is 2.79. The van der Waals surface area contributed by atoms with Crippen molar-refractivity contribution in [2.24, 2.45) is 5.92 Å². The Morgan fingerprint density at radius 3 is 2.50 bits per heavy atom. The van der Waals surface area contributed by atoms with Crippen LogP contribution in [0.15, 0.2) is 14.3 Å². The summed E-state index contributed by atoms with van der Waals surface area (Å²) in [5.74, 6) is 0.816. The van der Waals surface area contributed by atoms with E-state index in [0.717, 1.165) is 5.92 Å². The maximum atomic E-state index is 3.58. The summed E-state index contributed by atoms with van der Waals surface area (Å²) in [6.45, 7) is 0. The molecule has 0 amide bonds. The van der Waals surface area contributed by atoms with Gasteiger partial charge in [-0.3, -0.25) is 0 Å². The van der Waals surface area contributed by atoms with Gasteiger partial charge in [0.25, 0.3) is 0 Å². The third-order valence-electron chi connectivity index (χ3n) is 3.40. The number of thiophene rings is 1. The topological polar surface area (TPSA) is 12.0 Å². The molecule has 1 aliphatic carbocycles. The lowest BCUT2D eigenvalue weighted by Crippen LogP contribution is -2.26. The van der Waals surface area contributed by atoms with Crippen molar-refractivity contribution in [3.8, 4) is 0 Å². The smallest absolute Gasteiger partial charge is 0.0843 e. The molecule has 2 rings (SSSR count). The Bertz CT molecular complexity index is 325. The van der Waals surface area contributed by atoms with Gasteiger partial charge >= 0.3 is 0 Å². The first kappa shape index (κ1) is 13.1. The highest BCUT2D eigenvalue weighted by atomic mass is 79.9. The molecule has 0 aromatic carbocycles. The van der Waals surface area contributed by atoms with Crippen LogP contribution in [0.4, 0.5) is 0 Å². The van der Waals surface area contributed by atoms with Gasteiger partial charge in [0.05, 0.1) is 3.79 Å². The molecule has 1 nitrogen and oxygen atoms in total. The largest absolute Gasteiger partial charge is 0.312 e. The Balaban J connectivity index is 2.14. The predicted octanol–water partition coefficient (Wildman–Crippen LogP) is 5.11. The molecule has 0 aliphatic heterocycles. The minimum atomic E-state index is 0.535. The molecule has 1 aliphatic rings. The van der Waals surface area contributed by atoms with Crippen molar-refractivity contribution in [2.45, 2.75) is 38.1 Å². The van der Waals surface area contributed by atoms with Crippen LogP contribution in [-0.2, 0) is 0 Å². The van der Waals surface area contributed by atoms with Gasteiger partial charge in [-0.1, -0.05) is 19.3 Å². The maximum absolute atomic E-state index is 3.58. The van der Waals surface area contributed by atoms with Gasteiger partial charge in [-0.2, -0.15) is 0 Å². The molecule has 0 bridgehead atoms. The fraction of sp³-hybridized carbons (Fsp3) is 0.667. The molecule has 4 heteroatoms. The van der Waals surface area contributed by atoms with E-state index in [1.54, 1.807) is 0 Å². The predicted molar refractivity (Wildman–Crippen MR) is 78.1 cm³/mol. The lowest BCUT2D eigenvalue weighted by atomic mass is 9.83. The zero-order chi connectivity index (χ0) is 11.5. The zero-order valence-corrected chi connectivity index (χ0v) is 13.4. The Labute approximate surface area is 118 Å². The molecule has 1 heterocycles. The van der Waals surface area contributed by atoms with Gasteiger partial charge in [0.15, 0.2) is 0 Å². The van der Waals surface area contributed by atoms with Crippen LogP contribution in [0.5, 0.6) is 0 Å². The average molecular weight is 367 g/mol. The highest BCUT2D eigenvalue weighted by Gasteiger charge is 2.25. The van der Waals surface area contributed by atoms with E-state index < -0.39 is 0 Å². The van der Waals surface area contributed by atoms with Crippen LogP contribution in [0.2, 0.25) is 0 Å². The summed E-state index contributed by atoms with van der Waals surface area (Å²) in [7, 11) is 2.08. The van der Waals surface area contributed by atoms with Gasteiger partial charge < -0.3 is 5.32 Å². The van der Waals surface area contributed by atoms with Crippen molar-refractivity contribution in [2.75, 3.05) is 7.05 Å². The number of hydrogen-bond acceptors (Lipinski definition) is 2. The van der Waals surface area contributed by atoms with Gasteiger partial charge in [0, 0.05) is 15.4 Å². The van der Waals surface area contributed by atoms with E-state index in [0.29, 0.717) is 6.04 Å². The normalized spacial score (nSPS) is 19.9. The molecule has 90 valence electrons. The second kappa shape index (κ2) is 5.98. The summed E-state index contributed by atoms with van der Waals surface area (Å²) in [5.41, 5.74) is 0. The fourth-order valence-electron chi connectivity index (χ4n) is 2.59. The standard InChI is InChI=1S/C12H17Br2NS/c1-15-11(8-5-3-2-4-6-8)10-7-9(13)12(14)16-10/h7-8,11,15H,2-6H2,1H3. The Kier molecular flexibility index (Phi) is 4.89. The molecule has 1 saturated carbocycles. The van der Waals surface area contributed by atoms with Crippen molar-refractivity contribution >= 4 is 43.2 Å². The maximum Gasteiger partial charge on any atom is 0.0843 e. The van der Waals surface area contributed by atoms with Crippen LogP contribution < -0.4 is 5.32 Å². The van der Waals surface area contributed by atoms with E-state index in [2.05, 4.69) is 50.3 Å². The number of hydrogen-bond donors (Lipinski definition) is 1. The first-order valence-corrected chi connectivity index (χ1v) is 8.24. The van der Waals surface area contributed by atoms with Crippen molar-refractivity contribution in [1.82, 2.24) is 5.32 Å². The Morgan fingerprint density at radius 1 is 1.31 bits per heavy atom.